The molecule has 1 aromatic heterocycles. The van der Waals surface area contributed by atoms with E-state index in [0.29, 0.717) is 17.2 Å². The van der Waals surface area contributed by atoms with Crippen LogP contribution in [0.4, 0.5) is 5.69 Å². The lowest BCUT2D eigenvalue weighted by Gasteiger charge is -2.24. The predicted molar refractivity (Wildman–Crippen MR) is 97.1 cm³/mol. The quantitative estimate of drug-likeness (QED) is 0.753. The summed E-state index contributed by atoms with van der Waals surface area (Å²) < 4.78 is 37.5. The van der Waals surface area contributed by atoms with Gasteiger partial charge in [0.1, 0.15) is 15.7 Å². The number of thiophene rings is 1. The zero-order chi connectivity index (χ0) is 18.4. The molecular formula is C16H20N2O5S2. The minimum absolute atomic E-state index is 0.0696. The molecule has 0 radical (unpaired) electrons. The predicted octanol–water partition coefficient (Wildman–Crippen LogP) is 2.10. The molecule has 0 unspecified atom stereocenters. The third kappa shape index (κ3) is 4.71. The summed E-state index contributed by atoms with van der Waals surface area (Å²) in [5.74, 6) is 0.834. The summed E-state index contributed by atoms with van der Waals surface area (Å²) in [6.45, 7) is 1.64. The number of benzene rings is 1. The molecular weight excluding hydrogens is 364 g/mol. The van der Waals surface area contributed by atoms with Gasteiger partial charge >= 0.3 is 0 Å². The van der Waals surface area contributed by atoms with Crippen LogP contribution >= 0.6 is 11.3 Å². The number of ether oxygens (including phenoxy) is 2. The molecule has 1 N–H and O–H groups in total. The molecule has 9 heteroatoms. The highest BCUT2D eigenvalue weighted by molar-refractivity contribution is 7.91. The molecule has 0 aliphatic carbocycles. The molecule has 0 atom stereocenters. The first kappa shape index (κ1) is 19.2. The van der Waals surface area contributed by atoms with Gasteiger partial charge in [0.15, 0.2) is 0 Å². The van der Waals surface area contributed by atoms with Gasteiger partial charge in [-0.3, -0.25) is 4.79 Å². The van der Waals surface area contributed by atoms with Crippen molar-refractivity contribution in [2.75, 3.05) is 32.2 Å². The second-order valence-corrected chi connectivity index (χ2v) is 7.98. The Kier molecular flexibility index (Phi) is 6.40. The maximum atomic E-state index is 12.2. The van der Waals surface area contributed by atoms with Gasteiger partial charge in [-0.05, 0) is 23.6 Å². The van der Waals surface area contributed by atoms with Crippen molar-refractivity contribution in [1.82, 2.24) is 4.72 Å². The van der Waals surface area contributed by atoms with Crippen LogP contribution in [0.3, 0.4) is 0 Å². The van der Waals surface area contributed by atoms with Crippen molar-refractivity contribution in [3.8, 4) is 11.5 Å². The first-order valence-electron chi connectivity index (χ1n) is 7.42. The number of carbonyl (C=O) groups excluding carboxylic acids is 1. The number of methoxy groups -OCH3 is 2. The van der Waals surface area contributed by atoms with Crippen molar-refractivity contribution in [3.63, 3.8) is 0 Å². The number of nitrogens with one attached hydrogen (secondary N) is 1. The molecule has 0 aliphatic rings. The molecule has 25 heavy (non-hydrogen) atoms. The highest BCUT2D eigenvalue weighted by atomic mass is 32.2. The van der Waals surface area contributed by atoms with Crippen LogP contribution in [0.15, 0.2) is 39.9 Å². The van der Waals surface area contributed by atoms with Gasteiger partial charge in [0.05, 0.1) is 19.9 Å². The SMILES string of the molecule is COc1ccc(OC)c(N(CCNS(=O)(=O)c2cccs2)C(C)=O)c1. The van der Waals surface area contributed by atoms with Crippen molar-refractivity contribution >= 4 is 33.0 Å². The minimum atomic E-state index is -3.57. The van der Waals surface area contributed by atoms with Crippen LogP contribution < -0.4 is 19.1 Å². The Morgan fingerprint density at radius 1 is 1.24 bits per heavy atom. The van der Waals surface area contributed by atoms with Crippen LogP contribution in [0.1, 0.15) is 6.92 Å². The molecule has 0 saturated carbocycles. The Labute approximate surface area is 151 Å². The summed E-state index contributed by atoms with van der Waals surface area (Å²) in [6, 6.07) is 8.29. The Hall–Kier alpha value is -2.10. The normalized spacial score (nSPS) is 11.2. The molecule has 2 aromatic rings. The van der Waals surface area contributed by atoms with Crippen molar-refractivity contribution in [2.24, 2.45) is 0 Å². The number of anilines is 1. The smallest absolute Gasteiger partial charge is 0.250 e. The highest BCUT2D eigenvalue weighted by Crippen LogP contribution is 2.32. The number of carbonyl (C=O) groups is 1. The fourth-order valence-electron chi connectivity index (χ4n) is 2.23. The van der Waals surface area contributed by atoms with E-state index < -0.39 is 10.0 Å². The molecule has 136 valence electrons. The third-order valence-corrected chi connectivity index (χ3v) is 6.30. The van der Waals surface area contributed by atoms with Gasteiger partial charge in [0, 0.05) is 26.1 Å². The molecule has 0 bridgehead atoms. The number of amides is 1. The van der Waals surface area contributed by atoms with E-state index in [-0.39, 0.29) is 23.2 Å². The maximum absolute atomic E-state index is 12.2. The molecule has 1 aromatic carbocycles. The van der Waals surface area contributed by atoms with E-state index in [1.54, 1.807) is 29.6 Å². The largest absolute Gasteiger partial charge is 0.497 e. The van der Waals surface area contributed by atoms with Gasteiger partial charge in [0.2, 0.25) is 15.9 Å². The molecule has 1 heterocycles. The van der Waals surface area contributed by atoms with Crippen molar-refractivity contribution in [3.05, 3.63) is 35.7 Å². The lowest BCUT2D eigenvalue weighted by atomic mass is 10.2. The van der Waals surface area contributed by atoms with Gasteiger partial charge in [-0.2, -0.15) is 0 Å². The van der Waals surface area contributed by atoms with Gasteiger partial charge < -0.3 is 14.4 Å². The zero-order valence-corrected chi connectivity index (χ0v) is 15.8. The number of sulfonamides is 1. The van der Waals surface area contributed by atoms with E-state index in [4.69, 9.17) is 9.47 Å². The maximum Gasteiger partial charge on any atom is 0.250 e. The second kappa shape index (κ2) is 8.32. The average molecular weight is 384 g/mol. The summed E-state index contributed by atoms with van der Waals surface area (Å²) in [5, 5.41) is 1.69. The summed E-state index contributed by atoms with van der Waals surface area (Å²) in [7, 11) is -0.545. The molecule has 1 amide bonds. The Morgan fingerprint density at radius 3 is 2.56 bits per heavy atom. The Balaban J connectivity index is 2.16. The number of rotatable bonds is 8. The van der Waals surface area contributed by atoms with Crippen LogP contribution in [-0.2, 0) is 14.8 Å². The monoisotopic (exact) mass is 384 g/mol. The van der Waals surface area contributed by atoms with E-state index in [2.05, 4.69) is 4.72 Å². The first-order valence-corrected chi connectivity index (χ1v) is 9.78. The van der Waals surface area contributed by atoms with E-state index in [1.165, 1.54) is 32.1 Å². The lowest BCUT2D eigenvalue weighted by Crippen LogP contribution is -2.37. The lowest BCUT2D eigenvalue weighted by molar-refractivity contribution is -0.116. The summed E-state index contributed by atoms with van der Waals surface area (Å²) >= 11 is 1.13. The van der Waals surface area contributed by atoms with Gasteiger partial charge in [0.25, 0.3) is 0 Å². The van der Waals surface area contributed by atoms with E-state index in [1.807, 2.05) is 0 Å². The van der Waals surface area contributed by atoms with Crippen molar-refractivity contribution < 1.29 is 22.7 Å². The number of nitrogens with zero attached hydrogens (tertiary/aromatic N) is 1. The first-order chi connectivity index (χ1) is 11.9. The van der Waals surface area contributed by atoms with Gasteiger partial charge in [-0.1, -0.05) is 6.07 Å². The van der Waals surface area contributed by atoms with E-state index >= 15 is 0 Å². The van der Waals surface area contributed by atoms with Crippen molar-refractivity contribution in [1.29, 1.82) is 0 Å². The summed E-state index contributed by atoms with van der Waals surface area (Å²) in [4.78, 5) is 13.5. The van der Waals surface area contributed by atoms with E-state index in [0.717, 1.165) is 11.3 Å². The molecule has 0 fully saturated rings. The Bertz CT molecular complexity index is 819. The van der Waals surface area contributed by atoms with Gasteiger partial charge in [-0.15, -0.1) is 11.3 Å². The third-order valence-electron chi connectivity index (χ3n) is 3.44. The standard InChI is InChI=1S/C16H20N2O5S2/c1-12(19)18(14-11-13(22-2)6-7-15(14)23-3)9-8-17-25(20,21)16-5-4-10-24-16/h4-7,10-11,17H,8-9H2,1-3H3. The number of hydrogen-bond donors (Lipinski definition) is 1. The van der Waals surface area contributed by atoms with Crippen LogP contribution in [0, 0.1) is 0 Å². The fourth-order valence-corrected chi connectivity index (χ4v) is 4.29. The highest BCUT2D eigenvalue weighted by Gasteiger charge is 2.19. The molecule has 0 spiro atoms. The fraction of sp³-hybridized carbons (Fsp3) is 0.312. The number of hydrogen-bond acceptors (Lipinski definition) is 6. The molecule has 2 rings (SSSR count). The average Bonchev–Trinajstić information content (AvgIpc) is 3.13. The summed E-state index contributed by atoms with van der Waals surface area (Å²) in [6.07, 6.45) is 0. The molecule has 0 saturated heterocycles. The van der Waals surface area contributed by atoms with E-state index in [9.17, 15) is 13.2 Å². The Morgan fingerprint density at radius 2 is 2.00 bits per heavy atom. The van der Waals surface area contributed by atoms with Crippen LogP contribution in [0.25, 0.3) is 0 Å². The van der Waals surface area contributed by atoms with Crippen LogP contribution in [0.2, 0.25) is 0 Å². The molecule has 0 aliphatic heterocycles. The van der Waals surface area contributed by atoms with Crippen LogP contribution in [-0.4, -0.2) is 41.6 Å². The minimum Gasteiger partial charge on any atom is -0.497 e. The second-order valence-electron chi connectivity index (χ2n) is 5.04. The molecule has 7 nitrogen and oxygen atoms in total. The van der Waals surface area contributed by atoms with Crippen LogP contribution in [0.5, 0.6) is 11.5 Å². The zero-order valence-electron chi connectivity index (χ0n) is 14.2. The topological polar surface area (TPSA) is 84.9 Å². The summed E-state index contributed by atoms with van der Waals surface area (Å²) in [5.41, 5.74) is 0.518. The van der Waals surface area contributed by atoms with Crippen molar-refractivity contribution in [2.45, 2.75) is 11.1 Å². The van der Waals surface area contributed by atoms with Gasteiger partial charge in [-0.25, -0.2) is 13.1 Å².